The zero-order valence-electron chi connectivity index (χ0n) is 15.0. The van der Waals surface area contributed by atoms with Crippen LogP contribution in [0.5, 0.6) is 0 Å². The summed E-state index contributed by atoms with van der Waals surface area (Å²) in [5.41, 5.74) is 6.40. The number of ether oxygens (including phenoxy) is 1. The normalized spacial score (nSPS) is 26.6. The van der Waals surface area contributed by atoms with Gasteiger partial charge in [-0.3, -0.25) is 9.89 Å². The molecule has 1 aliphatic carbocycles. The van der Waals surface area contributed by atoms with Crippen molar-refractivity contribution >= 4 is 29.9 Å². The average Bonchev–Trinajstić information content (AvgIpc) is 3.01. The Morgan fingerprint density at radius 2 is 1.67 bits per heavy atom. The van der Waals surface area contributed by atoms with Crippen molar-refractivity contribution in [2.24, 2.45) is 10.7 Å². The third kappa shape index (κ3) is 5.46. The molecule has 140 valence electrons. The molecule has 3 rings (SSSR count). The lowest BCUT2D eigenvalue weighted by Gasteiger charge is -2.43. The van der Waals surface area contributed by atoms with Crippen molar-refractivity contribution in [3.8, 4) is 0 Å². The maximum atomic E-state index is 6.22. The minimum Gasteiger partial charge on any atom is -0.381 e. The molecule has 6 heteroatoms. The summed E-state index contributed by atoms with van der Waals surface area (Å²) in [5.74, 6) is 0.655. The average molecular weight is 450 g/mol. The second-order valence-electron chi connectivity index (χ2n) is 7.57. The Balaban J connectivity index is 0.00000208. The summed E-state index contributed by atoms with van der Waals surface area (Å²) in [6, 6.07) is 0.527. The van der Waals surface area contributed by atoms with Crippen LogP contribution in [0.1, 0.15) is 64.2 Å². The Hall–Kier alpha value is -0.0800. The maximum absolute atomic E-state index is 6.22. The molecule has 3 N–H and O–H groups in total. The van der Waals surface area contributed by atoms with Gasteiger partial charge >= 0.3 is 0 Å². The van der Waals surface area contributed by atoms with Gasteiger partial charge in [0.25, 0.3) is 0 Å². The maximum Gasteiger partial charge on any atom is 0.188 e. The van der Waals surface area contributed by atoms with Gasteiger partial charge < -0.3 is 15.8 Å². The van der Waals surface area contributed by atoms with Gasteiger partial charge in [-0.15, -0.1) is 24.0 Å². The molecule has 3 aliphatic rings. The van der Waals surface area contributed by atoms with Gasteiger partial charge in [-0.2, -0.15) is 0 Å². The van der Waals surface area contributed by atoms with Gasteiger partial charge in [-0.05, 0) is 51.6 Å². The molecule has 0 unspecified atom stereocenters. The van der Waals surface area contributed by atoms with Crippen LogP contribution in [0.3, 0.4) is 0 Å². The molecule has 0 aromatic heterocycles. The molecule has 0 radical (unpaired) electrons. The number of aliphatic imine (C=N–C) groups is 1. The van der Waals surface area contributed by atoms with E-state index in [1.807, 2.05) is 0 Å². The first-order valence-corrected chi connectivity index (χ1v) is 9.68. The highest BCUT2D eigenvalue weighted by Gasteiger charge is 2.39. The lowest BCUT2D eigenvalue weighted by molar-refractivity contribution is -0.0138. The number of hydrogen-bond acceptors (Lipinski definition) is 3. The fourth-order valence-electron chi connectivity index (χ4n) is 4.43. The minimum atomic E-state index is 0. The quantitative estimate of drug-likeness (QED) is 0.299. The molecule has 0 bridgehead atoms. The van der Waals surface area contributed by atoms with Crippen LogP contribution in [0.4, 0.5) is 0 Å². The highest BCUT2D eigenvalue weighted by molar-refractivity contribution is 14.0. The smallest absolute Gasteiger partial charge is 0.188 e. The summed E-state index contributed by atoms with van der Waals surface area (Å²) in [4.78, 5) is 7.43. The Kier molecular flexibility index (Phi) is 8.57. The zero-order valence-corrected chi connectivity index (χ0v) is 17.3. The highest BCUT2D eigenvalue weighted by atomic mass is 127. The predicted octanol–water partition coefficient (Wildman–Crippen LogP) is 2.88. The van der Waals surface area contributed by atoms with Crippen LogP contribution in [0.15, 0.2) is 4.99 Å². The molecule has 2 saturated heterocycles. The van der Waals surface area contributed by atoms with Crippen molar-refractivity contribution in [2.45, 2.75) is 75.8 Å². The summed E-state index contributed by atoms with van der Waals surface area (Å²) < 4.78 is 5.60. The number of rotatable bonds is 4. The van der Waals surface area contributed by atoms with Gasteiger partial charge in [-0.25, -0.2) is 0 Å². The van der Waals surface area contributed by atoms with Crippen molar-refractivity contribution in [2.75, 3.05) is 32.8 Å². The van der Waals surface area contributed by atoms with E-state index in [-0.39, 0.29) is 29.5 Å². The van der Waals surface area contributed by atoms with Gasteiger partial charge in [-0.1, -0.05) is 25.7 Å². The summed E-state index contributed by atoms with van der Waals surface area (Å²) >= 11 is 0. The summed E-state index contributed by atoms with van der Waals surface area (Å²) in [6.45, 7) is 4.98. The topological polar surface area (TPSA) is 62.9 Å². The minimum absolute atomic E-state index is 0. The number of halogens is 1. The molecule has 2 aliphatic heterocycles. The van der Waals surface area contributed by atoms with Crippen molar-refractivity contribution in [1.29, 1.82) is 0 Å². The molecule has 0 aromatic carbocycles. The Bertz CT molecular complexity index is 384. The first-order valence-electron chi connectivity index (χ1n) is 9.68. The molecule has 1 saturated carbocycles. The molecule has 0 amide bonds. The summed E-state index contributed by atoms with van der Waals surface area (Å²) in [7, 11) is 0. The van der Waals surface area contributed by atoms with E-state index < -0.39 is 0 Å². The SMILES string of the molecule is I.NC(=NCC1(N2CCCC2)CCOCC1)NC1CCCCCC1. The Morgan fingerprint density at radius 3 is 2.29 bits per heavy atom. The van der Waals surface area contributed by atoms with Gasteiger partial charge in [0.2, 0.25) is 0 Å². The van der Waals surface area contributed by atoms with Crippen LogP contribution in [-0.2, 0) is 4.74 Å². The number of nitrogens with one attached hydrogen (secondary N) is 1. The molecular weight excluding hydrogens is 415 g/mol. The number of hydrogen-bond donors (Lipinski definition) is 2. The molecule has 3 fully saturated rings. The molecule has 24 heavy (non-hydrogen) atoms. The lowest BCUT2D eigenvalue weighted by Crippen LogP contribution is -2.54. The van der Waals surface area contributed by atoms with E-state index in [2.05, 4.69) is 10.2 Å². The van der Waals surface area contributed by atoms with E-state index in [0.29, 0.717) is 12.0 Å². The van der Waals surface area contributed by atoms with Crippen molar-refractivity contribution in [3.05, 3.63) is 0 Å². The van der Waals surface area contributed by atoms with Crippen LogP contribution in [0, 0.1) is 0 Å². The van der Waals surface area contributed by atoms with Gasteiger partial charge in [0.1, 0.15) is 0 Å². The van der Waals surface area contributed by atoms with E-state index in [1.54, 1.807) is 0 Å². The third-order valence-corrected chi connectivity index (χ3v) is 5.95. The van der Waals surface area contributed by atoms with E-state index in [1.165, 1.54) is 64.5 Å². The van der Waals surface area contributed by atoms with Gasteiger partial charge in [0.05, 0.1) is 6.54 Å². The van der Waals surface area contributed by atoms with Crippen molar-refractivity contribution in [1.82, 2.24) is 10.2 Å². The van der Waals surface area contributed by atoms with E-state index in [4.69, 9.17) is 15.5 Å². The Labute approximate surface area is 164 Å². The summed E-state index contributed by atoms with van der Waals surface area (Å²) in [6.07, 6.45) is 12.7. The third-order valence-electron chi connectivity index (χ3n) is 5.95. The molecule has 5 nitrogen and oxygen atoms in total. The Morgan fingerprint density at radius 1 is 1.04 bits per heavy atom. The first-order chi connectivity index (χ1) is 11.3. The van der Waals surface area contributed by atoms with Crippen molar-refractivity contribution < 1.29 is 4.74 Å². The standard InChI is InChI=1S/C18H34N4O.HI/c19-17(21-16-7-3-1-2-4-8-16)20-15-18(9-13-23-14-10-18)22-11-5-6-12-22;/h16H,1-15H2,(H3,19,20,21);1H. The van der Waals surface area contributed by atoms with E-state index in [0.717, 1.165) is 32.6 Å². The van der Waals surface area contributed by atoms with Crippen LogP contribution < -0.4 is 11.1 Å². The van der Waals surface area contributed by atoms with Crippen LogP contribution in [0.2, 0.25) is 0 Å². The number of nitrogens with zero attached hydrogens (tertiary/aromatic N) is 2. The second kappa shape index (κ2) is 10.2. The second-order valence-corrected chi connectivity index (χ2v) is 7.57. The predicted molar refractivity (Wildman–Crippen MR) is 110 cm³/mol. The molecule has 0 aromatic rings. The van der Waals surface area contributed by atoms with Crippen molar-refractivity contribution in [3.63, 3.8) is 0 Å². The van der Waals surface area contributed by atoms with Gasteiger partial charge in [0, 0.05) is 24.8 Å². The molecule has 0 spiro atoms. The number of nitrogens with two attached hydrogens (primary N) is 1. The highest BCUT2D eigenvalue weighted by Crippen LogP contribution is 2.31. The fourth-order valence-corrected chi connectivity index (χ4v) is 4.43. The van der Waals surface area contributed by atoms with Gasteiger partial charge in [0.15, 0.2) is 5.96 Å². The van der Waals surface area contributed by atoms with E-state index >= 15 is 0 Å². The van der Waals surface area contributed by atoms with Crippen LogP contribution >= 0.6 is 24.0 Å². The van der Waals surface area contributed by atoms with Crippen LogP contribution in [0.25, 0.3) is 0 Å². The zero-order chi connectivity index (χ0) is 16.0. The lowest BCUT2D eigenvalue weighted by atomic mass is 9.88. The van der Waals surface area contributed by atoms with E-state index in [9.17, 15) is 0 Å². The fraction of sp³-hybridized carbons (Fsp3) is 0.944. The summed E-state index contributed by atoms with van der Waals surface area (Å²) in [5, 5.41) is 3.48. The monoisotopic (exact) mass is 450 g/mol. The van der Waals surface area contributed by atoms with Crippen LogP contribution in [-0.4, -0.2) is 55.3 Å². The number of guanidine groups is 1. The molecular formula is C18H35IN4O. The number of likely N-dealkylation sites (tertiary alicyclic amines) is 1. The first kappa shape index (κ1) is 20.2. The molecule has 2 heterocycles. The largest absolute Gasteiger partial charge is 0.381 e. The molecule has 0 atom stereocenters.